The Bertz CT molecular complexity index is 979. The quantitative estimate of drug-likeness (QED) is 0.729. The Kier molecular flexibility index (Phi) is 6.72. The Labute approximate surface area is 173 Å². The number of sulfonamides is 1. The molecule has 156 valence electrons. The number of aryl methyl sites for hydroxylation is 1. The van der Waals surface area contributed by atoms with Gasteiger partial charge in [0.1, 0.15) is 0 Å². The summed E-state index contributed by atoms with van der Waals surface area (Å²) in [5, 5.41) is 2.89. The largest absolute Gasteiger partial charge is 0.348 e. The molecule has 7 heteroatoms. The van der Waals surface area contributed by atoms with Gasteiger partial charge in [0.2, 0.25) is 10.0 Å². The second kappa shape index (κ2) is 9.07. The number of benzene rings is 2. The molecule has 1 amide bonds. The Morgan fingerprint density at radius 2 is 1.66 bits per heavy atom. The fourth-order valence-electron chi connectivity index (χ4n) is 3.59. The SMILES string of the molecule is CNS(=O)(=O)c1cc(C(=O)NCc2ccc(CN3CCCC3)cc2)cc(C)c1C. The van der Waals surface area contributed by atoms with Crippen LogP contribution >= 0.6 is 0 Å². The molecule has 0 saturated carbocycles. The summed E-state index contributed by atoms with van der Waals surface area (Å²) in [5.41, 5.74) is 4.03. The van der Waals surface area contributed by atoms with Crippen LogP contribution in [0.25, 0.3) is 0 Å². The van der Waals surface area contributed by atoms with E-state index >= 15 is 0 Å². The summed E-state index contributed by atoms with van der Waals surface area (Å²) in [6.45, 7) is 7.24. The van der Waals surface area contributed by atoms with Gasteiger partial charge >= 0.3 is 0 Å². The van der Waals surface area contributed by atoms with Gasteiger partial charge in [-0.3, -0.25) is 9.69 Å². The average molecular weight is 416 g/mol. The van der Waals surface area contributed by atoms with Crippen molar-refractivity contribution in [2.45, 2.75) is 44.7 Å². The monoisotopic (exact) mass is 415 g/mol. The summed E-state index contributed by atoms with van der Waals surface area (Å²) >= 11 is 0. The lowest BCUT2D eigenvalue weighted by atomic mass is 10.1. The molecule has 2 aromatic rings. The van der Waals surface area contributed by atoms with E-state index in [1.165, 1.54) is 44.6 Å². The standard InChI is InChI=1S/C22H29N3O3S/c1-16-12-20(13-21(17(16)2)29(27,28)23-3)22(26)24-14-18-6-8-19(9-7-18)15-25-10-4-5-11-25/h6-9,12-13,23H,4-5,10-11,14-15H2,1-3H3,(H,24,26). The average Bonchev–Trinajstić information content (AvgIpc) is 3.22. The molecule has 0 atom stereocenters. The molecular weight excluding hydrogens is 386 g/mol. The smallest absolute Gasteiger partial charge is 0.251 e. The van der Waals surface area contributed by atoms with Crippen molar-refractivity contribution in [3.63, 3.8) is 0 Å². The predicted molar refractivity (Wildman–Crippen MR) is 114 cm³/mol. The van der Waals surface area contributed by atoms with Gasteiger partial charge in [0.25, 0.3) is 5.91 Å². The highest BCUT2D eigenvalue weighted by Gasteiger charge is 2.19. The van der Waals surface area contributed by atoms with E-state index in [2.05, 4.69) is 27.1 Å². The first-order chi connectivity index (χ1) is 13.8. The highest BCUT2D eigenvalue weighted by molar-refractivity contribution is 7.89. The van der Waals surface area contributed by atoms with Gasteiger partial charge in [-0.1, -0.05) is 24.3 Å². The number of hydrogen-bond acceptors (Lipinski definition) is 4. The van der Waals surface area contributed by atoms with E-state index in [1.54, 1.807) is 19.9 Å². The first kappa shape index (κ1) is 21.5. The second-order valence-electron chi connectivity index (χ2n) is 7.61. The van der Waals surface area contributed by atoms with Crippen molar-refractivity contribution >= 4 is 15.9 Å². The molecule has 6 nitrogen and oxygen atoms in total. The van der Waals surface area contributed by atoms with Gasteiger partial charge in [0.15, 0.2) is 0 Å². The van der Waals surface area contributed by atoms with Crippen LogP contribution in [-0.2, 0) is 23.1 Å². The minimum atomic E-state index is -3.62. The lowest BCUT2D eigenvalue weighted by molar-refractivity contribution is 0.0950. The maximum absolute atomic E-state index is 12.6. The molecule has 0 spiro atoms. The van der Waals surface area contributed by atoms with Crippen LogP contribution in [0.2, 0.25) is 0 Å². The van der Waals surface area contributed by atoms with Crippen LogP contribution in [0.4, 0.5) is 0 Å². The van der Waals surface area contributed by atoms with Gasteiger partial charge in [0.05, 0.1) is 4.90 Å². The summed E-state index contributed by atoms with van der Waals surface area (Å²) in [7, 11) is -2.26. The number of amides is 1. The van der Waals surface area contributed by atoms with Crippen LogP contribution in [0.3, 0.4) is 0 Å². The van der Waals surface area contributed by atoms with Crippen LogP contribution in [0, 0.1) is 13.8 Å². The summed E-state index contributed by atoms with van der Waals surface area (Å²) in [6.07, 6.45) is 2.56. The summed E-state index contributed by atoms with van der Waals surface area (Å²) in [4.78, 5) is 15.2. The van der Waals surface area contributed by atoms with Crippen molar-refractivity contribution in [3.05, 3.63) is 64.2 Å². The minimum Gasteiger partial charge on any atom is -0.348 e. The number of likely N-dealkylation sites (tertiary alicyclic amines) is 1. The lowest BCUT2D eigenvalue weighted by Crippen LogP contribution is -2.25. The molecule has 29 heavy (non-hydrogen) atoms. The molecule has 3 rings (SSSR count). The highest BCUT2D eigenvalue weighted by Crippen LogP contribution is 2.21. The number of nitrogens with one attached hydrogen (secondary N) is 2. The third kappa shape index (κ3) is 5.23. The highest BCUT2D eigenvalue weighted by atomic mass is 32.2. The van der Waals surface area contributed by atoms with Gasteiger partial charge in [-0.25, -0.2) is 13.1 Å². The normalized spacial score (nSPS) is 14.9. The Balaban J connectivity index is 1.66. The number of carbonyl (C=O) groups excluding carboxylic acids is 1. The van der Waals surface area contributed by atoms with Crippen molar-refractivity contribution in [1.29, 1.82) is 0 Å². The molecule has 1 aliphatic rings. The zero-order valence-corrected chi connectivity index (χ0v) is 18.1. The van der Waals surface area contributed by atoms with E-state index in [0.29, 0.717) is 17.7 Å². The maximum Gasteiger partial charge on any atom is 0.251 e. The van der Waals surface area contributed by atoms with Gasteiger partial charge in [-0.2, -0.15) is 0 Å². The summed E-state index contributed by atoms with van der Waals surface area (Å²) < 4.78 is 26.8. The van der Waals surface area contributed by atoms with Crippen LogP contribution in [0.15, 0.2) is 41.3 Å². The number of carbonyl (C=O) groups is 1. The molecule has 0 aliphatic carbocycles. The van der Waals surface area contributed by atoms with Crippen molar-refractivity contribution in [2.24, 2.45) is 0 Å². The molecule has 1 aliphatic heterocycles. The van der Waals surface area contributed by atoms with E-state index in [9.17, 15) is 13.2 Å². The first-order valence-electron chi connectivity index (χ1n) is 9.93. The summed E-state index contributed by atoms with van der Waals surface area (Å²) in [5.74, 6) is -0.290. The van der Waals surface area contributed by atoms with Gasteiger partial charge in [-0.05, 0) is 81.2 Å². The van der Waals surface area contributed by atoms with Crippen molar-refractivity contribution in [3.8, 4) is 0 Å². The molecular formula is C22H29N3O3S. The van der Waals surface area contributed by atoms with Crippen LogP contribution < -0.4 is 10.0 Å². The Morgan fingerprint density at radius 1 is 1.03 bits per heavy atom. The fourth-order valence-corrected chi connectivity index (χ4v) is 4.66. The summed E-state index contributed by atoms with van der Waals surface area (Å²) in [6, 6.07) is 11.4. The first-order valence-corrected chi connectivity index (χ1v) is 11.4. The van der Waals surface area contributed by atoms with E-state index in [4.69, 9.17) is 0 Å². The van der Waals surface area contributed by atoms with E-state index in [0.717, 1.165) is 17.7 Å². The predicted octanol–water partition coefficient (Wildman–Crippen LogP) is 2.74. The molecule has 0 unspecified atom stereocenters. The lowest BCUT2D eigenvalue weighted by Gasteiger charge is -2.15. The fraction of sp³-hybridized carbons (Fsp3) is 0.409. The van der Waals surface area contributed by atoms with E-state index < -0.39 is 10.0 Å². The molecule has 2 aromatic carbocycles. The zero-order valence-electron chi connectivity index (χ0n) is 17.3. The van der Waals surface area contributed by atoms with E-state index in [-0.39, 0.29) is 10.8 Å². The molecule has 0 bridgehead atoms. The van der Waals surface area contributed by atoms with Gasteiger partial charge in [0, 0.05) is 18.7 Å². The molecule has 0 radical (unpaired) electrons. The molecule has 1 heterocycles. The third-order valence-electron chi connectivity index (χ3n) is 5.52. The third-order valence-corrected chi connectivity index (χ3v) is 7.06. The number of hydrogen-bond donors (Lipinski definition) is 2. The van der Waals surface area contributed by atoms with E-state index in [1.807, 2.05) is 12.1 Å². The van der Waals surface area contributed by atoms with Gasteiger partial charge in [-0.15, -0.1) is 0 Å². The number of nitrogens with zero attached hydrogens (tertiary/aromatic N) is 1. The van der Waals surface area contributed by atoms with Crippen molar-refractivity contribution < 1.29 is 13.2 Å². The second-order valence-corrected chi connectivity index (χ2v) is 9.46. The minimum absolute atomic E-state index is 0.136. The topological polar surface area (TPSA) is 78.5 Å². The van der Waals surface area contributed by atoms with Gasteiger partial charge < -0.3 is 5.32 Å². The Hall–Kier alpha value is -2.22. The maximum atomic E-state index is 12.6. The molecule has 1 saturated heterocycles. The van der Waals surface area contributed by atoms with Crippen LogP contribution in [0.1, 0.15) is 45.5 Å². The van der Waals surface area contributed by atoms with Crippen molar-refractivity contribution in [2.75, 3.05) is 20.1 Å². The Morgan fingerprint density at radius 3 is 2.28 bits per heavy atom. The molecule has 0 aromatic heterocycles. The zero-order chi connectivity index (χ0) is 21.0. The molecule has 1 fully saturated rings. The van der Waals surface area contributed by atoms with Crippen molar-refractivity contribution in [1.82, 2.24) is 14.9 Å². The number of rotatable bonds is 7. The van der Waals surface area contributed by atoms with Crippen LogP contribution in [0.5, 0.6) is 0 Å². The van der Waals surface area contributed by atoms with Crippen LogP contribution in [-0.4, -0.2) is 39.4 Å². The molecule has 2 N–H and O–H groups in total.